The number of aliphatic carboxylic acids is 1. The average Bonchev–Trinajstić information content (AvgIpc) is 3.34. The Bertz CT molecular complexity index is 996. The molecule has 3 heterocycles. The topological polar surface area (TPSA) is 107 Å². The summed E-state index contributed by atoms with van der Waals surface area (Å²) in [4.78, 5) is 41.6. The van der Waals surface area contributed by atoms with Gasteiger partial charge < -0.3 is 10.2 Å². The number of amides is 2. The molecule has 1 aromatic heterocycles. The summed E-state index contributed by atoms with van der Waals surface area (Å²) >= 11 is 1.43. The molecule has 7 nitrogen and oxygen atoms in total. The summed E-state index contributed by atoms with van der Waals surface area (Å²) in [5.41, 5.74) is -1.73. The molecule has 30 heavy (non-hydrogen) atoms. The number of carboxylic acids is 1. The molecule has 0 saturated carbocycles. The van der Waals surface area contributed by atoms with Crippen molar-refractivity contribution in [1.82, 2.24) is 10.2 Å². The van der Waals surface area contributed by atoms with Crippen molar-refractivity contribution < 1.29 is 24.6 Å². The van der Waals surface area contributed by atoms with Gasteiger partial charge in [-0.25, -0.2) is 0 Å². The van der Waals surface area contributed by atoms with Gasteiger partial charge in [-0.3, -0.25) is 24.6 Å². The number of phenolic OH excluding ortho intramolecular Hbond substituents is 1. The van der Waals surface area contributed by atoms with Crippen LogP contribution in [0.4, 0.5) is 0 Å². The van der Waals surface area contributed by atoms with Gasteiger partial charge in [-0.2, -0.15) is 0 Å². The highest BCUT2D eigenvalue weighted by molar-refractivity contribution is 7.10. The van der Waals surface area contributed by atoms with E-state index in [1.54, 1.807) is 32.9 Å². The monoisotopic (exact) mass is 428 g/mol. The number of nitrogens with one attached hydrogen (secondary N) is 1. The lowest BCUT2D eigenvalue weighted by atomic mass is 9.76. The first-order valence-corrected chi connectivity index (χ1v) is 10.6. The maximum Gasteiger partial charge on any atom is 0.325 e. The zero-order valence-electron chi connectivity index (χ0n) is 17.0. The summed E-state index contributed by atoms with van der Waals surface area (Å²) in [6.07, 6.45) is 0.0165. The number of carbonyl (C=O) groups excluding carboxylic acids is 2. The zero-order chi connectivity index (χ0) is 21.8. The number of benzene rings is 1. The molecule has 2 aliphatic heterocycles. The van der Waals surface area contributed by atoms with E-state index in [-0.39, 0.29) is 18.1 Å². The Hall–Kier alpha value is -2.71. The number of phenols is 1. The molecule has 158 valence electrons. The van der Waals surface area contributed by atoms with E-state index in [0.29, 0.717) is 5.56 Å². The molecular formula is C22H24N2O5S. The van der Waals surface area contributed by atoms with Crippen LogP contribution in [0.1, 0.15) is 37.3 Å². The summed E-state index contributed by atoms with van der Waals surface area (Å²) in [5.74, 6) is -3.70. The lowest BCUT2D eigenvalue weighted by Crippen LogP contribution is -2.58. The van der Waals surface area contributed by atoms with Crippen molar-refractivity contribution in [3.63, 3.8) is 0 Å². The third-order valence-electron chi connectivity index (χ3n) is 5.98. The van der Waals surface area contributed by atoms with E-state index in [1.165, 1.54) is 28.4 Å². The van der Waals surface area contributed by atoms with Crippen molar-refractivity contribution in [2.24, 2.45) is 11.8 Å². The van der Waals surface area contributed by atoms with Gasteiger partial charge in [0.25, 0.3) is 0 Å². The normalized spacial score (nSPS) is 28.8. The number of carbonyl (C=O) groups is 3. The minimum absolute atomic E-state index is 0.0165. The summed E-state index contributed by atoms with van der Waals surface area (Å²) < 4.78 is 0. The molecule has 2 amide bonds. The fraction of sp³-hybridized carbons (Fsp3) is 0.409. The Morgan fingerprint density at radius 3 is 2.37 bits per heavy atom. The Morgan fingerprint density at radius 2 is 1.83 bits per heavy atom. The Kier molecular flexibility index (Phi) is 4.74. The molecule has 0 bridgehead atoms. The fourth-order valence-electron chi connectivity index (χ4n) is 4.75. The van der Waals surface area contributed by atoms with Crippen LogP contribution in [0.15, 0.2) is 41.8 Å². The van der Waals surface area contributed by atoms with E-state index >= 15 is 0 Å². The number of hydrogen-bond acceptors (Lipinski definition) is 6. The maximum absolute atomic E-state index is 13.5. The second kappa shape index (κ2) is 6.92. The number of thiophene rings is 1. The third kappa shape index (κ3) is 3.02. The van der Waals surface area contributed by atoms with Crippen molar-refractivity contribution in [1.29, 1.82) is 0 Å². The fourth-order valence-corrected chi connectivity index (χ4v) is 5.57. The molecule has 0 radical (unpaired) electrons. The largest absolute Gasteiger partial charge is 0.508 e. The second-order valence-corrected chi connectivity index (χ2v) is 9.92. The predicted octanol–water partition coefficient (Wildman–Crippen LogP) is 2.56. The van der Waals surface area contributed by atoms with Crippen molar-refractivity contribution in [3.8, 4) is 5.75 Å². The summed E-state index contributed by atoms with van der Waals surface area (Å²) in [6.45, 7) is 5.33. The number of nitrogens with zero attached hydrogens (tertiary/aromatic N) is 1. The molecule has 2 saturated heterocycles. The quantitative estimate of drug-likeness (QED) is 0.646. The molecule has 4 rings (SSSR count). The molecule has 4 atom stereocenters. The van der Waals surface area contributed by atoms with E-state index in [2.05, 4.69) is 5.32 Å². The number of imide groups is 1. The third-order valence-corrected chi connectivity index (χ3v) is 6.93. The lowest BCUT2D eigenvalue weighted by molar-refractivity contribution is -0.153. The van der Waals surface area contributed by atoms with Crippen molar-refractivity contribution in [2.45, 2.75) is 44.3 Å². The van der Waals surface area contributed by atoms with Crippen LogP contribution in [0, 0.1) is 11.8 Å². The van der Waals surface area contributed by atoms with E-state index < -0.39 is 40.8 Å². The van der Waals surface area contributed by atoms with Gasteiger partial charge in [-0.1, -0.05) is 18.2 Å². The lowest BCUT2D eigenvalue weighted by Gasteiger charge is -2.35. The first kappa shape index (κ1) is 20.6. The van der Waals surface area contributed by atoms with Gasteiger partial charge >= 0.3 is 5.97 Å². The number of aromatic hydroxyl groups is 1. The first-order valence-electron chi connectivity index (χ1n) is 9.76. The highest BCUT2D eigenvalue weighted by Crippen LogP contribution is 2.52. The maximum atomic E-state index is 13.5. The van der Waals surface area contributed by atoms with E-state index in [9.17, 15) is 24.6 Å². The first-order chi connectivity index (χ1) is 14.1. The van der Waals surface area contributed by atoms with Crippen LogP contribution in [-0.4, -0.2) is 44.0 Å². The average molecular weight is 429 g/mol. The summed E-state index contributed by atoms with van der Waals surface area (Å²) in [5, 5.41) is 25.0. The minimum atomic E-state index is -1.64. The Labute approximate surface area is 178 Å². The number of likely N-dealkylation sites (tertiary alicyclic amines) is 1. The van der Waals surface area contributed by atoms with E-state index in [4.69, 9.17) is 0 Å². The van der Waals surface area contributed by atoms with Crippen LogP contribution in [0.2, 0.25) is 0 Å². The molecule has 4 unspecified atom stereocenters. The molecule has 0 spiro atoms. The van der Waals surface area contributed by atoms with E-state index in [0.717, 1.165) is 4.88 Å². The highest BCUT2D eigenvalue weighted by atomic mass is 32.1. The van der Waals surface area contributed by atoms with Gasteiger partial charge in [0.05, 0.1) is 17.9 Å². The van der Waals surface area contributed by atoms with E-state index in [1.807, 2.05) is 17.5 Å². The van der Waals surface area contributed by atoms with Gasteiger partial charge in [-0.05, 0) is 49.9 Å². The molecule has 2 fully saturated rings. The minimum Gasteiger partial charge on any atom is -0.508 e. The smallest absolute Gasteiger partial charge is 0.325 e. The SMILES string of the molecule is CC(C)(C)N1C(=O)C2C(c3cccs3)NC(Cc3ccc(O)cc3)(C(=O)O)C2C1=O. The second-order valence-electron chi connectivity index (χ2n) is 8.94. The Morgan fingerprint density at radius 1 is 1.17 bits per heavy atom. The summed E-state index contributed by atoms with van der Waals surface area (Å²) in [7, 11) is 0. The number of rotatable bonds is 4. The van der Waals surface area contributed by atoms with Gasteiger partial charge in [0.1, 0.15) is 11.3 Å². The standard InChI is InChI=1S/C22H24N2O5S/c1-21(2,3)24-18(26)15-16(19(24)27)22(20(28)29,11-12-6-8-13(25)9-7-12)23-17(15)14-5-4-10-30-14/h4-10,15-17,23,25H,11H2,1-3H3,(H,28,29). The molecule has 1 aromatic carbocycles. The molecule has 3 N–H and O–H groups in total. The van der Waals surface area contributed by atoms with Crippen molar-refractivity contribution in [3.05, 3.63) is 52.2 Å². The van der Waals surface area contributed by atoms with Crippen LogP contribution >= 0.6 is 11.3 Å². The molecule has 0 aliphatic carbocycles. The molecular weight excluding hydrogens is 404 g/mol. The van der Waals surface area contributed by atoms with Crippen molar-refractivity contribution >= 4 is 29.1 Å². The van der Waals surface area contributed by atoms with Crippen LogP contribution in [0.5, 0.6) is 5.75 Å². The van der Waals surface area contributed by atoms with Crippen LogP contribution in [-0.2, 0) is 20.8 Å². The molecule has 2 aromatic rings. The van der Waals surface area contributed by atoms with Gasteiger partial charge in [-0.15, -0.1) is 11.3 Å². The highest BCUT2D eigenvalue weighted by Gasteiger charge is 2.69. The molecule has 2 aliphatic rings. The number of carboxylic acid groups (broad SMARTS) is 1. The van der Waals surface area contributed by atoms with Crippen molar-refractivity contribution in [2.75, 3.05) is 0 Å². The molecule has 8 heteroatoms. The number of fused-ring (bicyclic) bond motifs is 1. The van der Waals surface area contributed by atoms with Gasteiger partial charge in [0, 0.05) is 16.8 Å². The van der Waals surface area contributed by atoms with Crippen LogP contribution < -0.4 is 5.32 Å². The zero-order valence-corrected chi connectivity index (χ0v) is 17.8. The number of hydrogen-bond donors (Lipinski definition) is 3. The van der Waals surface area contributed by atoms with Crippen LogP contribution in [0.3, 0.4) is 0 Å². The predicted molar refractivity (Wildman–Crippen MR) is 111 cm³/mol. The Balaban J connectivity index is 1.85. The van der Waals surface area contributed by atoms with Crippen LogP contribution in [0.25, 0.3) is 0 Å². The summed E-state index contributed by atoms with van der Waals surface area (Å²) in [6, 6.07) is 9.38. The van der Waals surface area contributed by atoms with Gasteiger partial charge in [0.2, 0.25) is 11.8 Å². The van der Waals surface area contributed by atoms with Gasteiger partial charge in [0.15, 0.2) is 0 Å².